The van der Waals surface area contributed by atoms with Gasteiger partial charge in [0.25, 0.3) is 0 Å². The molecular formula is C25H20N4O3. The molecule has 0 spiro atoms. The van der Waals surface area contributed by atoms with E-state index >= 15 is 0 Å². The molecule has 158 valence electrons. The lowest BCUT2D eigenvalue weighted by Gasteiger charge is -2.19. The fraction of sp³-hybridized carbons (Fsp3) is 0.120. The molecule has 0 saturated heterocycles. The number of carbonyl (C=O) groups excluding carboxylic acids is 2. The molecule has 7 heteroatoms. The van der Waals surface area contributed by atoms with Crippen LogP contribution in [0.25, 0.3) is 17.0 Å². The van der Waals surface area contributed by atoms with Gasteiger partial charge in [0, 0.05) is 25.6 Å². The first-order valence-electron chi connectivity index (χ1n) is 9.94. The quantitative estimate of drug-likeness (QED) is 0.351. The van der Waals surface area contributed by atoms with E-state index in [1.165, 1.54) is 12.2 Å². The summed E-state index contributed by atoms with van der Waals surface area (Å²) in [5.74, 6) is -0.808. The summed E-state index contributed by atoms with van der Waals surface area (Å²) in [5.41, 5.74) is 3.11. The van der Waals surface area contributed by atoms with Gasteiger partial charge < -0.3 is 14.5 Å². The molecule has 1 aromatic heterocycles. The number of nitrogens with zero attached hydrogens (tertiary/aromatic N) is 4. The molecule has 7 nitrogen and oxygen atoms in total. The van der Waals surface area contributed by atoms with Crippen LogP contribution in [-0.4, -0.2) is 37.4 Å². The maximum atomic E-state index is 12.7. The Morgan fingerprint density at radius 2 is 1.66 bits per heavy atom. The number of pyridine rings is 1. The van der Waals surface area contributed by atoms with Crippen molar-refractivity contribution in [2.45, 2.75) is 0 Å². The van der Waals surface area contributed by atoms with Crippen molar-refractivity contribution in [3.05, 3.63) is 83.8 Å². The van der Waals surface area contributed by atoms with Crippen LogP contribution in [0.1, 0.15) is 5.69 Å². The Morgan fingerprint density at radius 1 is 1.00 bits per heavy atom. The number of rotatable bonds is 5. The van der Waals surface area contributed by atoms with Crippen LogP contribution in [0.4, 0.5) is 11.4 Å². The highest BCUT2D eigenvalue weighted by Crippen LogP contribution is 2.40. The molecule has 0 fully saturated rings. The minimum Gasteiger partial charge on any atom is -0.454 e. The number of para-hydroxylation sites is 3. The zero-order chi connectivity index (χ0) is 22.7. The van der Waals surface area contributed by atoms with Gasteiger partial charge in [-0.3, -0.25) is 4.79 Å². The van der Waals surface area contributed by atoms with Gasteiger partial charge in [0.15, 0.2) is 6.61 Å². The maximum Gasteiger partial charge on any atom is 0.331 e. The van der Waals surface area contributed by atoms with Gasteiger partial charge in [-0.1, -0.05) is 36.4 Å². The third kappa shape index (κ3) is 3.94. The Hall–Kier alpha value is -4.44. The van der Waals surface area contributed by atoms with E-state index in [0.29, 0.717) is 11.5 Å². The number of Topliss-reactive ketones (excluding diaryl/α,β-unsaturated/α-hetero) is 1. The third-order valence-corrected chi connectivity index (χ3v) is 5.21. The number of ether oxygens (including phenoxy) is 1. The van der Waals surface area contributed by atoms with Crippen LogP contribution >= 0.6 is 0 Å². The molecule has 32 heavy (non-hydrogen) atoms. The lowest BCUT2D eigenvalue weighted by molar-refractivity contribution is -0.141. The summed E-state index contributed by atoms with van der Waals surface area (Å²) in [6.45, 7) is -0.529. The second-order valence-electron chi connectivity index (χ2n) is 7.21. The molecule has 1 aliphatic rings. The van der Waals surface area contributed by atoms with Crippen molar-refractivity contribution >= 4 is 40.1 Å². The summed E-state index contributed by atoms with van der Waals surface area (Å²) < 4.78 is 5.08. The van der Waals surface area contributed by atoms with Crippen LogP contribution < -0.4 is 9.80 Å². The first-order valence-corrected chi connectivity index (χ1v) is 9.94. The monoisotopic (exact) mass is 424 g/mol. The molecule has 0 bridgehead atoms. The molecule has 0 aliphatic carbocycles. The number of anilines is 2. The highest BCUT2D eigenvalue weighted by Gasteiger charge is 2.31. The van der Waals surface area contributed by atoms with E-state index in [9.17, 15) is 14.9 Å². The fourth-order valence-corrected chi connectivity index (χ4v) is 3.64. The molecule has 0 amide bonds. The first kappa shape index (κ1) is 20.8. The molecule has 0 radical (unpaired) electrons. The van der Waals surface area contributed by atoms with E-state index in [-0.39, 0.29) is 5.57 Å². The van der Waals surface area contributed by atoms with Gasteiger partial charge in [0.2, 0.25) is 5.78 Å². The summed E-state index contributed by atoms with van der Waals surface area (Å²) in [7, 11) is 3.57. The summed E-state index contributed by atoms with van der Waals surface area (Å²) in [4.78, 5) is 32.8. The van der Waals surface area contributed by atoms with Crippen molar-refractivity contribution in [3.63, 3.8) is 0 Å². The predicted octanol–water partition coefficient (Wildman–Crippen LogP) is 3.68. The molecule has 0 N–H and O–H groups in total. The van der Waals surface area contributed by atoms with E-state index in [0.717, 1.165) is 22.3 Å². The Balaban J connectivity index is 1.44. The minimum absolute atomic E-state index is 0.0702. The third-order valence-electron chi connectivity index (χ3n) is 5.21. The molecule has 0 saturated carbocycles. The largest absolute Gasteiger partial charge is 0.454 e. The topological polar surface area (TPSA) is 86.5 Å². The smallest absolute Gasteiger partial charge is 0.331 e. The fourth-order valence-electron chi connectivity index (χ4n) is 3.64. The summed E-state index contributed by atoms with van der Waals surface area (Å²) in [6, 6.07) is 20.9. The minimum atomic E-state index is -0.688. The molecule has 3 aromatic rings. The Kier molecular flexibility index (Phi) is 5.69. The van der Waals surface area contributed by atoms with Gasteiger partial charge in [-0.25, -0.2) is 9.78 Å². The number of hydrogen-bond acceptors (Lipinski definition) is 7. The molecule has 2 heterocycles. The number of carbonyl (C=O) groups is 2. The van der Waals surface area contributed by atoms with Gasteiger partial charge in [0.1, 0.15) is 17.5 Å². The highest BCUT2D eigenvalue weighted by atomic mass is 16.5. The second-order valence-corrected chi connectivity index (χ2v) is 7.21. The van der Waals surface area contributed by atoms with Gasteiger partial charge >= 0.3 is 5.97 Å². The van der Waals surface area contributed by atoms with Crippen LogP contribution in [0.5, 0.6) is 0 Å². The van der Waals surface area contributed by atoms with Gasteiger partial charge in [-0.05, 0) is 30.3 Å². The van der Waals surface area contributed by atoms with Crippen molar-refractivity contribution in [3.8, 4) is 6.07 Å². The molecule has 1 aliphatic heterocycles. The van der Waals surface area contributed by atoms with Crippen LogP contribution in [0, 0.1) is 11.3 Å². The van der Waals surface area contributed by atoms with E-state index in [2.05, 4.69) is 4.98 Å². The Bertz CT molecular complexity index is 1290. The summed E-state index contributed by atoms with van der Waals surface area (Å²) >= 11 is 0. The van der Waals surface area contributed by atoms with Gasteiger partial charge in [-0.2, -0.15) is 5.26 Å². The van der Waals surface area contributed by atoms with Crippen molar-refractivity contribution in [2.75, 3.05) is 30.5 Å². The average molecular weight is 424 g/mol. The molecule has 4 rings (SSSR count). The molecular weight excluding hydrogens is 404 g/mol. The number of esters is 1. The lowest BCUT2D eigenvalue weighted by atomic mass is 10.2. The second kappa shape index (κ2) is 8.74. The summed E-state index contributed by atoms with van der Waals surface area (Å²) in [5, 5.41) is 10.6. The Labute approximate surface area is 185 Å². The van der Waals surface area contributed by atoms with Crippen molar-refractivity contribution < 1.29 is 14.3 Å². The number of ketones is 1. The van der Waals surface area contributed by atoms with Crippen LogP contribution in [0.3, 0.4) is 0 Å². The van der Waals surface area contributed by atoms with E-state index in [1.807, 2.05) is 60.7 Å². The van der Waals surface area contributed by atoms with Crippen molar-refractivity contribution in [2.24, 2.45) is 0 Å². The molecule has 0 unspecified atom stereocenters. The lowest BCUT2D eigenvalue weighted by Crippen LogP contribution is -2.27. The zero-order valence-corrected chi connectivity index (χ0v) is 17.6. The van der Waals surface area contributed by atoms with Gasteiger partial charge in [0.05, 0.1) is 22.6 Å². The van der Waals surface area contributed by atoms with Crippen LogP contribution in [-0.2, 0) is 14.3 Å². The number of hydrogen-bond donors (Lipinski definition) is 0. The number of aromatic nitrogens is 1. The standard InChI is InChI=1S/C25H20N4O3/c1-28-21-9-5-6-10-22(21)29(2)25(28)19(15-26)23(30)16-32-24(31)14-13-18-12-11-17-7-3-4-8-20(17)27-18/h3-14H,16H2,1-2H3/b14-13+. The normalized spacial score (nSPS) is 12.7. The van der Waals surface area contributed by atoms with Crippen LogP contribution in [0.2, 0.25) is 0 Å². The molecule has 0 atom stereocenters. The number of fused-ring (bicyclic) bond motifs is 2. The zero-order valence-electron chi connectivity index (χ0n) is 17.6. The predicted molar refractivity (Wildman–Crippen MR) is 123 cm³/mol. The van der Waals surface area contributed by atoms with Crippen molar-refractivity contribution in [1.29, 1.82) is 5.26 Å². The first-order chi connectivity index (χ1) is 15.5. The van der Waals surface area contributed by atoms with Crippen molar-refractivity contribution in [1.82, 2.24) is 4.98 Å². The van der Waals surface area contributed by atoms with Gasteiger partial charge in [-0.15, -0.1) is 0 Å². The number of nitriles is 1. The summed E-state index contributed by atoms with van der Waals surface area (Å²) in [6.07, 6.45) is 2.74. The number of benzene rings is 2. The highest BCUT2D eigenvalue weighted by molar-refractivity contribution is 6.04. The average Bonchev–Trinajstić information content (AvgIpc) is 3.07. The van der Waals surface area contributed by atoms with E-state index in [4.69, 9.17) is 4.74 Å². The Morgan fingerprint density at radius 3 is 2.34 bits per heavy atom. The van der Waals surface area contributed by atoms with Crippen LogP contribution in [0.15, 0.2) is 78.1 Å². The van der Waals surface area contributed by atoms with E-state index < -0.39 is 18.4 Å². The maximum absolute atomic E-state index is 12.7. The molecule has 2 aromatic carbocycles. The van der Waals surface area contributed by atoms with E-state index in [1.54, 1.807) is 30.0 Å². The SMILES string of the molecule is CN1C(=C(C#N)C(=O)COC(=O)/C=C/c2ccc3ccccc3n2)N(C)c2ccccc21.